The molecular weight excluding hydrogens is 293 g/mol. The molecule has 7 heteroatoms. The van der Waals surface area contributed by atoms with Crippen molar-refractivity contribution in [2.45, 2.75) is 24.8 Å². The highest BCUT2D eigenvalue weighted by molar-refractivity contribution is 7.89. The molecule has 1 rings (SSSR count). The summed E-state index contributed by atoms with van der Waals surface area (Å²) in [6, 6.07) is 3.85. The first-order valence-corrected chi connectivity index (χ1v) is 8.48. The third-order valence-corrected chi connectivity index (χ3v) is 4.50. The van der Waals surface area contributed by atoms with Crippen molar-refractivity contribution in [2.75, 3.05) is 33.7 Å². The normalized spacial score (nSPS) is 12.0. The molecule has 0 saturated carbocycles. The van der Waals surface area contributed by atoms with Gasteiger partial charge < -0.3 is 10.2 Å². The van der Waals surface area contributed by atoms with Gasteiger partial charge in [-0.1, -0.05) is 13.0 Å². The van der Waals surface area contributed by atoms with Crippen LogP contribution < -0.4 is 10.0 Å². The Balaban J connectivity index is 2.83. The van der Waals surface area contributed by atoms with Crippen molar-refractivity contribution in [3.8, 4) is 0 Å². The molecule has 0 unspecified atom stereocenters. The third-order valence-electron chi connectivity index (χ3n) is 2.96. The van der Waals surface area contributed by atoms with Gasteiger partial charge in [-0.15, -0.1) is 0 Å². The average molecular weight is 317 g/mol. The lowest BCUT2D eigenvalue weighted by Crippen LogP contribution is -2.28. The summed E-state index contributed by atoms with van der Waals surface area (Å²) < 4.78 is 40.5. The van der Waals surface area contributed by atoms with E-state index in [9.17, 15) is 12.8 Å². The summed E-state index contributed by atoms with van der Waals surface area (Å²) in [5, 5.41) is 3.06. The first kappa shape index (κ1) is 18.0. The Bertz CT molecular complexity index is 547. The maximum Gasteiger partial charge on any atom is 0.240 e. The molecule has 1 aromatic carbocycles. The van der Waals surface area contributed by atoms with Crippen LogP contribution >= 0.6 is 0 Å². The smallest absolute Gasteiger partial charge is 0.240 e. The molecule has 2 N–H and O–H groups in total. The van der Waals surface area contributed by atoms with Crippen LogP contribution in [0.15, 0.2) is 23.1 Å². The minimum atomic E-state index is -3.69. The monoisotopic (exact) mass is 317 g/mol. The van der Waals surface area contributed by atoms with Gasteiger partial charge in [0.2, 0.25) is 10.0 Å². The lowest BCUT2D eigenvalue weighted by molar-refractivity contribution is 0.400. The number of hydrogen-bond acceptors (Lipinski definition) is 4. The topological polar surface area (TPSA) is 61.4 Å². The Hall–Kier alpha value is -1.02. The Kier molecular flexibility index (Phi) is 7.24. The number of sulfonamides is 1. The number of hydrogen-bond donors (Lipinski definition) is 2. The summed E-state index contributed by atoms with van der Waals surface area (Å²) in [5.74, 6) is -0.552. The van der Waals surface area contributed by atoms with Gasteiger partial charge in [-0.05, 0) is 51.3 Å². The predicted molar refractivity (Wildman–Crippen MR) is 82.1 cm³/mol. The van der Waals surface area contributed by atoms with E-state index < -0.39 is 15.8 Å². The molecular formula is C14H24FN3O2S. The maximum absolute atomic E-state index is 13.4. The Morgan fingerprint density at radius 3 is 2.62 bits per heavy atom. The molecule has 0 radical (unpaired) electrons. The third kappa shape index (κ3) is 6.09. The van der Waals surface area contributed by atoms with Crippen LogP contribution in [-0.4, -0.2) is 47.0 Å². The van der Waals surface area contributed by atoms with Crippen molar-refractivity contribution in [1.82, 2.24) is 14.9 Å². The second kappa shape index (κ2) is 8.43. The van der Waals surface area contributed by atoms with E-state index in [0.29, 0.717) is 31.6 Å². The van der Waals surface area contributed by atoms with Crippen molar-refractivity contribution >= 4 is 10.0 Å². The Morgan fingerprint density at radius 2 is 2.00 bits per heavy atom. The number of rotatable bonds is 9. The summed E-state index contributed by atoms with van der Waals surface area (Å²) in [6.45, 7) is 4.16. The highest BCUT2D eigenvalue weighted by Crippen LogP contribution is 2.17. The van der Waals surface area contributed by atoms with Gasteiger partial charge in [0.05, 0.1) is 4.90 Å². The average Bonchev–Trinajstić information content (AvgIpc) is 2.42. The summed E-state index contributed by atoms with van der Waals surface area (Å²) in [4.78, 5) is 1.99. The van der Waals surface area contributed by atoms with E-state index in [1.165, 1.54) is 12.1 Å². The van der Waals surface area contributed by atoms with Gasteiger partial charge in [-0.2, -0.15) is 0 Å². The lowest BCUT2D eigenvalue weighted by atomic mass is 10.2. The number of nitrogens with zero attached hydrogens (tertiary/aromatic N) is 1. The van der Waals surface area contributed by atoms with Crippen molar-refractivity contribution in [3.05, 3.63) is 29.6 Å². The molecule has 0 aliphatic heterocycles. The van der Waals surface area contributed by atoms with Gasteiger partial charge in [0.25, 0.3) is 0 Å². The van der Waals surface area contributed by atoms with Gasteiger partial charge in [-0.3, -0.25) is 0 Å². The van der Waals surface area contributed by atoms with Crippen LogP contribution in [0, 0.1) is 5.82 Å². The molecule has 21 heavy (non-hydrogen) atoms. The molecule has 5 nitrogen and oxygen atoms in total. The highest BCUT2D eigenvalue weighted by Gasteiger charge is 2.18. The zero-order chi connectivity index (χ0) is 15.9. The molecule has 0 aromatic heterocycles. The molecule has 0 aliphatic rings. The van der Waals surface area contributed by atoms with Crippen LogP contribution in [0.5, 0.6) is 0 Å². The Morgan fingerprint density at radius 1 is 1.29 bits per heavy atom. The van der Waals surface area contributed by atoms with Crippen LogP contribution in [0.1, 0.15) is 18.9 Å². The van der Waals surface area contributed by atoms with Crippen LogP contribution in [0.25, 0.3) is 0 Å². The lowest BCUT2D eigenvalue weighted by Gasteiger charge is -2.13. The molecule has 0 spiro atoms. The molecule has 0 heterocycles. The van der Waals surface area contributed by atoms with Crippen molar-refractivity contribution < 1.29 is 12.8 Å². The van der Waals surface area contributed by atoms with Crippen LogP contribution in [0.3, 0.4) is 0 Å². The van der Waals surface area contributed by atoms with Gasteiger partial charge in [0.1, 0.15) is 5.82 Å². The molecule has 0 saturated heterocycles. The zero-order valence-electron chi connectivity index (χ0n) is 12.8. The summed E-state index contributed by atoms with van der Waals surface area (Å²) >= 11 is 0. The second-order valence-corrected chi connectivity index (χ2v) is 6.82. The van der Waals surface area contributed by atoms with Crippen LogP contribution in [0.2, 0.25) is 0 Å². The van der Waals surface area contributed by atoms with Crippen LogP contribution in [-0.2, 0) is 16.6 Å². The van der Waals surface area contributed by atoms with Crippen molar-refractivity contribution in [2.24, 2.45) is 0 Å². The molecule has 0 aliphatic carbocycles. The minimum Gasteiger partial charge on any atom is -0.313 e. The number of halogens is 1. The molecule has 120 valence electrons. The minimum absolute atomic E-state index is 0.00769. The fourth-order valence-electron chi connectivity index (χ4n) is 1.86. The van der Waals surface area contributed by atoms with Crippen molar-refractivity contribution in [1.29, 1.82) is 0 Å². The van der Waals surface area contributed by atoms with Crippen molar-refractivity contribution in [3.63, 3.8) is 0 Å². The molecule has 0 amide bonds. The summed E-state index contributed by atoms with van der Waals surface area (Å²) in [7, 11) is 0.162. The van der Waals surface area contributed by atoms with Gasteiger partial charge in [-0.25, -0.2) is 17.5 Å². The first-order chi connectivity index (χ1) is 9.86. The fourth-order valence-corrected chi connectivity index (χ4v) is 3.19. The predicted octanol–water partition coefficient (Wildman–Crippen LogP) is 1.17. The number of benzene rings is 1. The number of nitrogens with one attached hydrogen (secondary N) is 2. The molecule has 0 fully saturated rings. The SMILES string of the molecule is CCNCc1ccc(F)cc1S(=O)(=O)NCCCN(C)C. The van der Waals surface area contributed by atoms with E-state index in [2.05, 4.69) is 10.0 Å². The van der Waals surface area contributed by atoms with E-state index in [0.717, 1.165) is 12.6 Å². The largest absolute Gasteiger partial charge is 0.313 e. The zero-order valence-corrected chi connectivity index (χ0v) is 13.6. The van der Waals surface area contributed by atoms with E-state index in [4.69, 9.17) is 0 Å². The molecule has 0 bridgehead atoms. The van der Waals surface area contributed by atoms with E-state index in [1.54, 1.807) is 0 Å². The van der Waals surface area contributed by atoms with E-state index in [1.807, 2.05) is 25.9 Å². The first-order valence-electron chi connectivity index (χ1n) is 7.00. The highest BCUT2D eigenvalue weighted by atomic mass is 32.2. The quantitative estimate of drug-likeness (QED) is 0.671. The summed E-state index contributed by atoms with van der Waals surface area (Å²) in [5.41, 5.74) is 0.568. The van der Waals surface area contributed by atoms with Gasteiger partial charge in [0.15, 0.2) is 0 Å². The van der Waals surface area contributed by atoms with E-state index >= 15 is 0 Å². The van der Waals surface area contributed by atoms with E-state index in [-0.39, 0.29) is 4.90 Å². The molecule has 0 atom stereocenters. The van der Waals surface area contributed by atoms with Gasteiger partial charge in [0, 0.05) is 13.1 Å². The molecule has 1 aromatic rings. The maximum atomic E-state index is 13.4. The Labute approximate surface area is 126 Å². The fraction of sp³-hybridized carbons (Fsp3) is 0.571. The van der Waals surface area contributed by atoms with Gasteiger partial charge >= 0.3 is 0 Å². The standard InChI is InChI=1S/C14H24FN3O2S/c1-4-16-11-12-6-7-13(15)10-14(12)21(19,20)17-8-5-9-18(2)3/h6-7,10,16-17H,4-5,8-9,11H2,1-3H3. The second-order valence-electron chi connectivity index (χ2n) is 5.09. The van der Waals surface area contributed by atoms with Crippen LogP contribution in [0.4, 0.5) is 4.39 Å². The summed E-state index contributed by atoms with van der Waals surface area (Å²) in [6.07, 6.45) is 0.699.